The van der Waals surface area contributed by atoms with E-state index in [1.165, 1.54) is 0 Å². The molecule has 0 aromatic heterocycles. The standard InChI is InChI=1S/Mg.H2O.O.Sn.2H/h;1H2;;;;/q+2;;;;2*-1. The fourth-order valence-corrected chi connectivity index (χ4v) is 0. The first-order valence-electron chi connectivity index (χ1n) is 0.204. The molecule has 0 aromatic carbocycles. The normalized spacial score (nSPS) is 1.00. The summed E-state index contributed by atoms with van der Waals surface area (Å²) in [6, 6.07) is 0. The molecule has 0 bridgehead atoms. The van der Waals surface area contributed by atoms with Gasteiger partial charge in [0, 0.05) is 0 Å². The second-order valence-corrected chi connectivity index (χ2v) is 0. The summed E-state index contributed by atoms with van der Waals surface area (Å²) in [5, 5.41) is 0. The average molecular weight is 179 g/mol. The van der Waals surface area contributed by atoms with Gasteiger partial charge < -0.3 is 8.33 Å². The zero-order chi connectivity index (χ0) is 2.00. The van der Waals surface area contributed by atoms with E-state index in [0.29, 0.717) is 22.5 Å². The van der Waals surface area contributed by atoms with Crippen LogP contribution in [0.2, 0.25) is 0 Å². The van der Waals surface area contributed by atoms with E-state index in [1.807, 2.05) is 0 Å². The number of rotatable bonds is 0. The van der Waals surface area contributed by atoms with Crippen LogP contribution in [-0.2, 0) is 3.08 Å². The van der Waals surface area contributed by atoms with E-state index in [9.17, 15) is 0 Å². The molecule has 2 nitrogen and oxygen atoms in total. The molecule has 2 N–H and O–H groups in total. The maximum absolute atomic E-state index is 8.34. The zero-order valence-corrected chi connectivity index (χ0v) is 6.38. The summed E-state index contributed by atoms with van der Waals surface area (Å²) in [4.78, 5) is 0. The van der Waals surface area contributed by atoms with E-state index in [0.717, 1.165) is 0 Å². The summed E-state index contributed by atoms with van der Waals surface area (Å²) in [7, 11) is 0. The fraction of sp³-hybridized carbons (Fsp3) is 0. The van der Waals surface area contributed by atoms with Gasteiger partial charge in [0.1, 0.15) is 0 Å². The molecule has 0 saturated heterocycles. The van der Waals surface area contributed by atoms with Gasteiger partial charge in [0.15, 0.2) is 0 Å². The predicted molar refractivity (Wildman–Crippen MR) is 18.0 cm³/mol. The number of hydrogen-bond donors (Lipinski definition) is 0. The van der Waals surface area contributed by atoms with Gasteiger partial charge in [0.2, 0.25) is 0 Å². The summed E-state index contributed by atoms with van der Waals surface area (Å²) in [5.41, 5.74) is 0. The van der Waals surface area contributed by atoms with E-state index < -0.39 is 0 Å². The summed E-state index contributed by atoms with van der Waals surface area (Å²) in [5.74, 6) is 0. The SMILES string of the molecule is O.[H-].[H-].[Mg+2].[O]=[Sn]. The molecule has 0 aliphatic rings. The van der Waals surface area contributed by atoms with Gasteiger partial charge in [-0.25, -0.2) is 0 Å². The molecule has 0 heterocycles. The van der Waals surface area contributed by atoms with Gasteiger partial charge in [-0.05, 0) is 0 Å². The fourth-order valence-electron chi connectivity index (χ4n) is 0. The van der Waals surface area contributed by atoms with Gasteiger partial charge in [-0.3, -0.25) is 0 Å². The van der Waals surface area contributed by atoms with E-state index >= 15 is 0 Å². The van der Waals surface area contributed by atoms with Crippen LogP contribution in [-0.4, -0.2) is 51.0 Å². The van der Waals surface area contributed by atoms with Gasteiger partial charge in [0.05, 0.1) is 0 Å². The van der Waals surface area contributed by atoms with Crippen molar-refractivity contribution in [3.8, 4) is 0 Å². The molecule has 0 unspecified atom stereocenters. The van der Waals surface area contributed by atoms with Crippen molar-refractivity contribution >= 4 is 45.6 Å². The van der Waals surface area contributed by atoms with Crippen molar-refractivity contribution in [1.29, 1.82) is 0 Å². The van der Waals surface area contributed by atoms with Crippen molar-refractivity contribution in [2.45, 2.75) is 0 Å². The molecular formula is H4MgO2Sn. The molecule has 0 rings (SSSR count). The molecular weight excluding hydrogens is 175 g/mol. The van der Waals surface area contributed by atoms with Crippen LogP contribution in [0.1, 0.15) is 2.85 Å². The van der Waals surface area contributed by atoms with Crippen molar-refractivity contribution in [1.82, 2.24) is 0 Å². The van der Waals surface area contributed by atoms with Crippen LogP contribution < -0.4 is 0 Å². The molecule has 2 radical (unpaired) electrons. The van der Waals surface area contributed by atoms with E-state index in [1.54, 1.807) is 0 Å². The van der Waals surface area contributed by atoms with Crippen LogP contribution in [0.5, 0.6) is 0 Å². The quantitative estimate of drug-likeness (QED) is 0.418. The van der Waals surface area contributed by atoms with E-state index in [-0.39, 0.29) is 31.4 Å². The third kappa shape index (κ3) is 10.2. The zero-order valence-electron chi connectivity index (χ0n) is 4.12. The van der Waals surface area contributed by atoms with E-state index in [2.05, 4.69) is 0 Å². The topological polar surface area (TPSA) is 48.6 Å². The maximum atomic E-state index is 8.34. The Morgan fingerprint density at radius 1 is 1.50 bits per heavy atom. The summed E-state index contributed by atoms with van der Waals surface area (Å²) in [6.07, 6.45) is 0. The Bertz CT molecular complexity index is 11.5. The summed E-state index contributed by atoms with van der Waals surface area (Å²) < 4.78 is 8.34. The molecule has 0 saturated carbocycles. The van der Waals surface area contributed by atoms with Crippen LogP contribution in [0.15, 0.2) is 0 Å². The van der Waals surface area contributed by atoms with Crippen molar-refractivity contribution < 1.29 is 11.4 Å². The van der Waals surface area contributed by atoms with Gasteiger partial charge in [-0.15, -0.1) is 0 Å². The Morgan fingerprint density at radius 2 is 1.50 bits per heavy atom. The third-order valence-electron chi connectivity index (χ3n) is 0. The Kier molecular flexibility index (Phi) is 125. The summed E-state index contributed by atoms with van der Waals surface area (Å²) >= 11 is 0.300. The molecule has 0 fully saturated rings. The third-order valence-corrected chi connectivity index (χ3v) is 0. The van der Waals surface area contributed by atoms with Crippen LogP contribution in [0, 0.1) is 0 Å². The number of hydrogen-bond acceptors (Lipinski definition) is 1. The average Bonchev–Trinajstić information content (AvgIpc) is 1.00. The minimum absolute atomic E-state index is 0. The second-order valence-electron chi connectivity index (χ2n) is 0. The Labute approximate surface area is 56.9 Å². The van der Waals surface area contributed by atoms with E-state index in [4.69, 9.17) is 3.08 Å². The van der Waals surface area contributed by atoms with Crippen molar-refractivity contribution in [3.05, 3.63) is 0 Å². The van der Waals surface area contributed by atoms with Crippen molar-refractivity contribution in [3.63, 3.8) is 0 Å². The first kappa shape index (κ1) is 18.4. The first-order chi connectivity index (χ1) is 1.00. The molecule has 22 valence electrons. The van der Waals surface area contributed by atoms with Crippen LogP contribution >= 0.6 is 0 Å². The van der Waals surface area contributed by atoms with Gasteiger partial charge in [-0.1, -0.05) is 0 Å². The molecule has 0 amide bonds. The predicted octanol–water partition coefficient (Wildman–Crippen LogP) is -1.48. The molecule has 4 heavy (non-hydrogen) atoms. The first-order valence-corrected chi connectivity index (χ1v) is 1.37. The van der Waals surface area contributed by atoms with Crippen molar-refractivity contribution in [2.75, 3.05) is 0 Å². The van der Waals surface area contributed by atoms with Crippen LogP contribution in [0.3, 0.4) is 0 Å². The monoisotopic (exact) mass is 180 g/mol. The van der Waals surface area contributed by atoms with Crippen LogP contribution in [0.4, 0.5) is 0 Å². The molecule has 0 aromatic rings. The van der Waals surface area contributed by atoms with Gasteiger partial charge >= 0.3 is 48.6 Å². The minimum atomic E-state index is 0. The van der Waals surface area contributed by atoms with Gasteiger partial charge in [0.25, 0.3) is 0 Å². The molecule has 0 aliphatic heterocycles. The molecule has 0 atom stereocenters. The van der Waals surface area contributed by atoms with Crippen molar-refractivity contribution in [2.24, 2.45) is 0 Å². The Hall–Kier alpha value is 1.32. The summed E-state index contributed by atoms with van der Waals surface area (Å²) in [6.45, 7) is 0. The van der Waals surface area contributed by atoms with Gasteiger partial charge in [-0.2, -0.15) is 0 Å². The van der Waals surface area contributed by atoms with Crippen LogP contribution in [0.25, 0.3) is 0 Å². The molecule has 4 heteroatoms. The molecule has 0 aliphatic carbocycles. The Balaban J connectivity index is -0.000000000833. The second kappa shape index (κ2) is 27.2. The molecule has 0 spiro atoms. The Morgan fingerprint density at radius 3 is 1.50 bits per heavy atom.